The molecule has 1 aliphatic heterocycles. The zero-order valence-electron chi connectivity index (χ0n) is 25.9. The SMILES string of the molecule is CCNc1cc(C(=O)N[C@@H](Cc2ccccc2)[C@H](O)CNC(C)(C)c2cccc(OC)c2)cc(N2CCCC2=O)c1.O=CO. The van der Waals surface area contributed by atoms with Gasteiger partial charge < -0.3 is 35.8 Å². The van der Waals surface area contributed by atoms with Crippen LogP contribution in [0.5, 0.6) is 5.75 Å². The molecule has 0 aromatic heterocycles. The van der Waals surface area contributed by atoms with Crippen LogP contribution in [0.3, 0.4) is 0 Å². The van der Waals surface area contributed by atoms with Gasteiger partial charge in [-0.15, -0.1) is 0 Å². The maximum Gasteiger partial charge on any atom is 0.290 e. The lowest BCUT2D eigenvalue weighted by atomic mass is 9.93. The highest BCUT2D eigenvalue weighted by molar-refractivity contribution is 6.00. The van der Waals surface area contributed by atoms with Crippen LogP contribution in [-0.4, -0.2) is 67.4 Å². The third-order valence-electron chi connectivity index (χ3n) is 7.57. The fourth-order valence-electron chi connectivity index (χ4n) is 5.14. The fourth-order valence-corrected chi connectivity index (χ4v) is 5.14. The number of hydrogen-bond acceptors (Lipinski definition) is 7. The minimum Gasteiger partial charge on any atom is -0.497 e. The van der Waals surface area contributed by atoms with Crippen LogP contribution < -0.4 is 25.6 Å². The van der Waals surface area contributed by atoms with Gasteiger partial charge in [-0.1, -0.05) is 42.5 Å². The van der Waals surface area contributed by atoms with Crippen molar-refractivity contribution in [1.29, 1.82) is 0 Å². The Hall–Kier alpha value is -4.41. The van der Waals surface area contributed by atoms with Crippen molar-refractivity contribution >= 4 is 29.7 Å². The Morgan fingerprint density at radius 2 is 1.82 bits per heavy atom. The first-order valence-electron chi connectivity index (χ1n) is 14.8. The predicted octanol–water partition coefficient (Wildman–Crippen LogP) is 4.18. The Kier molecular flexibility index (Phi) is 12.7. The van der Waals surface area contributed by atoms with E-state index in [1.54, 1.807) is 24.1 Å². The molecular formula is C34H44N4O6. The van der Waals surface area contributed by atoms with E-state index in [0.29, 0.717) is 37.2 Å². The lowest BCUT2D eigenvalue weighted by molar-refractivity contribution is -0.123. The third-order valence-corrected chi connectivity index (χ3v) is 7.57. The van der Waals surface area contributed by atoms with Gasteiger partial charge in [0.1, 0.15) is 5.75 Å². The first kappa shape index (κ1) is 34.1. The van der Waals surface area contributed by atoms with E-state index in [1.807, 2.05) is 81.4 Å². The maximum absolute atomic E-state index is 13.7. The number of carbonyl (C=O) groups excluding carboxylic acids is 2. The molecule has 0 unspecified atom stereocenters. The predicted molar refractivity (Wildman–Crippen MR) is 172 cm³/mol. The summed E-state index contributed by atoms with van der Waals surface area (Å²) in [6, 6.07) is 22.6. The van der Waals surface area contributed by atoms with Gasteiger partial charge >= 0.3 is 0 Å². The van der Waals surface area contributed by atoms with Gasteiger partial charge in [0.2, 0.25) is 5.91 Å². The molecule has 1 saturated heterocycles. The molecule has 0 spiro atoms. The number of rotatable bonds is 13. The van der Waals surface area contributed by atoms with Crippen LogP contribution in [-0.2, 0) is 21.5 Å². The minimum atomic E-state index is -0.874. The second-order valence-corrected chi connectivity index (χ2v) is 11.1. The molecule has 10 nitrogen and oxygen atoms in total. The highest BCUT2D eigenvalue weighted by Gasteiger charge is 2.28. The zero-order valence-corrected chi connectivity index (χ0v) is 25.9. The summed E-state index contributed by atoms with van der Waals surface area (Å²) in [6.45, 7) is 7.41. The van der Waals surface area contributed by atoms with Gasteiger partial charge in [-0.3, -0.25) is 14.4 Å². The first-order chi connectivity index (χ1) is 21.1. The van der Waals surface area contributed by atoms with E-state index in [4.69, 9.17) is 14.6 Å². The normalized spacial score (nSPS) is 14.2. The molecule has 5 N–H and O–H groups in total. The monoisotopic (exact) mass is 604 g/mol. The molecule has 4 rings (SSSR count). The number of carbonyl (C=O) groups is 3. The number of anilines is 2. The van der Waals surface area contributed by atoms with Gasteiger partial charge in [-0.25, -0.2) is 0 Å². The highest BCUT2D eigenvalue weighted by atomic mass is 16.5. The summed E-state index contributed by atoms with van der Waals surface area (Å²) >= 11 is 0. The number of benzene rings is 3. The quantitative estimate of drug-likeness (QED) is 0.183. The number of hydrogen-bond donors (Lipinski definition) is 5. The summed E-state index contributed by atoms with van der Waals surface area (Å²) in [6.07, 6.45) is 0.896. The Morgan fingerprint density at radius 1 is 1.09 bits per heavy atom. The summed E-state index contributed by atoms with van der Waals surface area (Å²) in [5, 5.41) is 28.1. The van der Waals surface area contributed by atoms with Gasteiger partial charge in [0, 0.05) is 48.5 Å². The van der Waals surface area contributed by atoms with Gasteiger partial charge in [0.25, 0.3) is 12.4 Å². The lowest BCUT2D eigenvalue weighted by Crippen LogP contribution is -2.51. The number of nitrogens with one attached hydrogen (secondary N) is 3. The summed E-state index contributed by atoms with van der Waals surface area (Å²) in [4.78, 5) is 36.2. The number of carboxylic acid groups (broad SMARTS) is 1. The van der Waals surface area contributed by atoms with Gasteiger partial charge in [0.05, 0.1) is 19.3 Å². The topological polar surface area (TPSA) is 140 Å². The second-order valence-electron chi connectivity index (χ2n) is 11.1. The zero-order chi connectivity index (χ0) is 32.1. The van der Waals surface area contributed by atoms with E-state index < -0.39 is 17.7 Å². The Labute approximate surface area is 259 Å². The average molecular weight is 605 g/mol. The Bertz CT molecular complexity index is 1380. The van der Waals surface area contributed by atoms with Crippen LogP contribution in [0.2, 0.25) is 0 Å². The summed E-state index contributed by atoms with van der Waals surface area (Å²) in [7, 11) is 1.64. The molecule has 0 aliphatic carbocycles. The van der Waals surface area contributed by atoms with Crippen LogP contribution in [0.25, 0.3) is 0 Å². The molecule has 10 heteroatoms. The molecule has 2 amide bonds. The summed E-state index contributed by atoms with van der Waals surface area (Å²) < 4.78 is 5.39. The molecule has 3 aromatic carbocycles. The van der Waals surface area contributed by atoms with Crippen LogP contribution in [0.1, 0.15) is 55.1 Å². The first-order valence-corrected chi connectivity index (χ1v) is 14.8. The number of aliphatic hydroxyl groups is 1. The Morgan fingerprint density at radius 3 is 2.45 bits per heavy atom. The van der Waals surface area contributed by atoms with E-state index in [0.717, 1.165) is 29.0 Å². The van der Waals surface area contributed by atoms with Crippen molar-refractivity contribution in [2.45, 2.75) is 57.7 Å². The molecule has 44 heavy (non-hydrogen) atoms. The van der Waals surface area contributed by atoms with Gasteiger partial charge in [-0.05, 0) is 75.1 Å². The smallest absolute Gasteiger partial charge is 0.290 e. The largest absolute Gasteiger partial charge is 0.497 e. The molecule has 1 aliphatic rings. The standard InChI is InChI=1S/C33H42N4O4.CH2O2/c1-5-34-26-18-24(19-27(21-26)37-16-10-15-31(37)39)32(40)36-29(17-23-11-7-6-8-12-23)30(38)22-35-33(2,3)25-13-9-14-28(20-25)41-4;2-1-3/h6-9,11-14,18-21,29-30,34-35,38H,5,10,15-17,22H2,1-4H3,(H,36,40);1H,(H,2,3)/t29-,30+;/m0./s1. The van der Waals surface area contributed by atoms with Gasteiger partial charge in [-0.2, -0.15) is 0 Å². The summed E-state index contributed by atoms with van der Waals surface area (Å²) in [5.41, 5.74) is 3.50. The van der Waals surface area contributed by atoms with E-state index in [-0.39, 0.29) is 24.8 Å². The molecule has 0 saturated carbocycles. The van der Waals surface area contributed by atoms with E-state index >= 15 is 0 Å². The van der Waals surface area contributed by atoms with E-state index in [1.165, 1.54) is 0 Å². The van der Waals surface area contributed by atoms with Crippen LogP contribution in [0.4, 0.5) is 11.4 Å². The number of amides is 2. The Balaban J connectivity index is 0.00000169. The van der Waals surface area contributed by atoms with Crippen molar-refractivity contribution in [3.05, 3.63) is 89.5 Å². The number of aliphatic hydroxyl groups excluding tert-OH is 1. The summed E-state index contributed by atoms with van der Waals surface area (Å²) in [5.74, 6) is 0.527. The molecule has 236 valence electrons. The molecule has 2 atom stereocenters. The second kappa shape index (κ2) is 16.4. The van der Waals surface area contributed by atoms with Crippen molar-refractivity contribution in [2.24, 2.45) is 0 Å². The van der Waals surface area contributed by atoms with Crippen molar-refractivity contribution in [3.8, 4) is 5.75 Å². The number of ether oxygens (including phenoxy) is 1. The fraction of sp³-hybridized carbons (Fsp3) is 0.382. The third kappa shape index (κ3) is 9.55. The van der Waals surface area contributed by atoms with Crippen molar-refractivity contribution < 1.29 is 29.3 Å². The van der Waals surface area contributed by atoms with Crippen molar-refractivity contribution in [2.75, 3.05) is 37.0 Å². The number of nitrogens with zero attached hydrogens (tertiary/aromatic N) is 1. The van der Waals surface area contributed by atoms with E-state index in [9.17, 15) is 14.7 Å². The molecule has 3 aromatic rings. The van der Waals surface area contributed by atoms with Crippen molar-refractivity contribution in [1.82, 2.24) is 10.6 Å². The molecule has 0 radical (unpaired) electrons. The molecule has 1 fully saturated rings. The average Bonchev–Trinajstić information content (AvgIpc) is 3.46. The number of methoxy groups -OCH3 is 1. The maximum atomic E-state index is 13.7. The minimum absolute atomic E-state index is 0.0621. The molecule has 0 bridgehead atoms. The highest BCUT2D eigenvalue weighted by Crippen LogP contribution is 2.27. The van der Waals surface area contributed by atoms with Gasteiger partial charge in [0.15, 0.2) is 0 Å². The van der Waals surface area contributed by atoms with Crippen LogP contribution in [0.15, 0.2) is 72.8 Å². The molecule has 1 heterocycles. The molecular weight excluding hydrogens is 560 g/mol. The van der Waals surface area contributed by atoms with Crippen LogP contribution >= 0.6 is 0 Å². The van der Waals surface area contributed by atoms with Crippen LogP contribution in [0, 0.1) is 0 Å². The lowest BCUT2D eigenvalue weighted by Gasteiger charge is -2.31. The van der Waals surface area contributed by atoms with Crippen molar-refractivity contribution in [3.63, 3.8) is 0 Å². The van der Waals surface area contributed by atoms with E-state index in [2.05, 4.69) is 16.0 Å².